The van der Waals surface area contributed by atoms with Gasteiger partial charge in [0.2, 0.25) is 0 Å². The van der Waals surface area contributed by atoms with Gasteiger partial charge in [-0.25, -0.2) is 0 Å². The van der Waals surface area contributed by atoms with Gasteiger partial charge in [-0.1, -0.05) is 34.8 Å². The Hall–Kier alpha value is -1.26. The Morgan fingerprint density at radius 3 is 1.64 bits per heavy atom. The van der Waals surface area contributed by atoms with Crippen molar-refractivity contribution in [2.45, 2.75) is 0 Å². The largest absolute Gasteiger partial charge is 0.499 e. The number of hydrogen-bond acceptors (Lipinski definition) is 4. The quantitative estimate of drug-likeness (QED) is 0.611. The van der Waals surface area contributed by atoms with Crippen molar-refractivity contribution in [3.8, 4) is 10.1 Å². The van der Waals surface area contributed by atoms with Crippen molar-refractivity contribution in [1.29, 1.82) is 0 Å². The van der Waals surface area contributed by atoms with Crippen molar-refractivity contribution >= 4 is 42.8 Å². The normalized spacial score (nSPS) is 11.4. The first-order chi connectivity index (χ1) is 6.74. The Morgan fingerprint density at radius 1 is 0.786 bits per heavy atom. The summed E-state index contributed by atoms with van der Waals surface area (Å²) >= 11 is 2.70. The smallest absolute Gasteiger partial charge is 0.172 e. The van der Waals surface area contributed by atoms with E-state index in [2.05, 4.69) is 0 Å². The molecule has 0 bridgehead atoms. The molecule has 0 aliphatic carbocycles. The van der Waals surface area contributed by atoms with Gasteiger partial charge in [0.05, 0.1) is 9.40 Å². The Kier molecular flexibility index (Phi) is 1.51. The van der Waals surface area contributed by atoms with Crippen LogP contribution in [0.1, 0.15) is 0 Å². The molecule has 0 atom stereocenters. The van der Waals surface area contributed by atoms with Crippen molar-refractivity contribution < 1.29 is 10.2 Å². The molecule has 0 saturated carbocycles. The molecule has 0 aliphatic rings. The van der Waals surface area contributed by atoms with Crippen LogP contribution in [0.2, 0.25) is 0 Å². The lowest BCUT2D eigenvalue weighted by Gasteiger charge is -1.89. The highest BCUT2D eigenvalue weighted by molar-refractivity contribution is 7.28. The fourth-order valence-corrected chi connectivity index (χ4v) is 3.52. The maximum absolute atomic E-state index is 9.38. The zero-order valence-electron chi connectivity index (χ0n) is 7.02. The summed E-state index contributed by atoms with van der Waals surface area (Å²) in [5.41, 5.74) is 0. The molecule has 0 saturated heterocycles. The third-order valence-electron chi connectivity index (χ3n) is 2.14. The molecule has 3 aromatic rings. The molecular formula is C10H6O2S2. The van der Waals surface area contributed by atoms with Crippen molar-refractivity contribution in [3.05, 3.63) is 24.3 Å². The topological polar surface area (TPSA) is 40.5 Å². The third kappa shape index (κ3) is 1.01. The highest BCUT2D eigenvalue weighted by Gasteiger charge is 2.07. The first-order valence-electron chi connectivity index (χ1n) is 4.08. The molecule has 0 fully saturated rings. The van der Waals surface area contributed by atoms with Gasteiger partial charge in [0, 0.05) is 0 Å². The van der Waals surface area contributed by atoms with Crippen LogP contribution < -0.4 is 0 Å². The summed E-state index contributed by atoms with van der Waals surface area (Å²) in [5.74, 6) is 0. The maximum Gasteiger partial charge on any atom is 0.172 e. The molecule has 0 amide bonds. The molecule has 2 aromatic heterocycles. The van der Waals surface area contributed by atoms with E-state index in [0.717, 1.165) is 20.2 Å². The molecule has 0 spiro atoms. The third-order valence-corrected chi connectivity index (χ3v) is 4.22. The van der Waals surface area contributed by atoms with E-state index in [-0.39, 0.29) is 0 Å². The van der Waals surface area contributed by atoms with Crippen molar-refractivity contribution in [3.63, 3.8) is 0 Å². The van der Waals surface area contributed by atoms with Crippen LogP contribution in [0.5, 0.6) is 10.1 Å². The van der Waals surface area contributed by atoms with E-state index in [1.165, 1.54) is 22.7 Å². The molecule has 2 N–H and O–H groups in total. The van der Waals surface area contributed by atoms with E-state index < -0.39 is 0 Å². The van der Waals surface area contributed by atoms with E-state index in [4.69, 9.17) is 0 Å². The van der Waals surface area contributed by atoms with E-state index in [1.807, 2.05) is 12.1 Å². The molecule has 0 aliphatic heterocycles. The summed E-state index contributed by atoms with van der Waals surface area (Å²) < 4.78 is 2.09. The number of hydrogen-bond donors (Lipinski definition) is 2. The highest BCUT2D eigenvalue weighted by atomic mass is 32.1. The number of rotatable bonds is 0. The van der Waals surface area contributed by atoms with Crippen LogP contribution in [0.25, 0.3) is 20.2 Å². The number of fused-ring (bicyclic) bond motifs is 3. The summed E-state index contributed by atoms with van der Waals surface area (Å²) in [6.45, 7) is 0. The Balaban J connectivity index is 2.58. The van der Waals surface area contributed by atoms with Crippen LogP contribution in [-0.4, -0.2) is 10.2 Å². The zero-order valence-corrected chi connectivity index (χ0v) is 8.65. The molecule has 2 heterocycles. The fraction of sp³-hybridized carbons (Fsp3) is 0. The van der Waals surface area contributed by atoms with Crippen molar-refractivity contribution in [1.82, 2.24) is 0 Å². The highest BCUT2D eigenvalue weighted by Crippen LogP contribution is 2.41. The predicted molar refractivity (Wildman–Crippen MR) is 60.5 cm³/mol. The summed E-state index contributed by atoms with van der Waals surface area (Å²) in [5, 5.41) is 21.5. The Morgan fingerprint density at radius 2 is 1.21 bits per heavy atom. The minimum atomic E-state index is 0.320. The summed E-state index contributed by atoms with van der Waals surface area (Å²) in [4.78, 5) is 0. The lowest BCUT2D eigenvalue weighted by atomic mass is 10.2. The molecule has 1 aromatic carbocycles. The SMILES string of the molecule is Oc1cc2ccc3cc(O)sc3c2s1. The second kappa shape index (κ2) is 2.62. The Bertz CT molecular complexity index is 566. The molecule has 0 radical (unpaired) electrons. The maximum atomic E-state index is 9.38. The van der Waals surface area contributed by atoms with Gasteiger partial charge >= 0.3 is 0 Å². The monoisotopic (exact) mass is 222 g/mol. The summed E-state index contributed by atoms with van der Waals surface area (Å²) in [6.07, 6.45) is 0. The zero-order chi connectivity index (χ0) is 9.71. The second-order valence-corrected chi connectivity index (χ2v) is 5.13. The fourth-order valence-electron chi connectivity index (χ4n) is 1.57. The molecule has 0 unspecified atom stereocenters. The standard InChI is InChI=1S/C10H6O2S2/c11-7-3-5-1-2-6-4-8(12)14-10(6)9(5)13-7/h1-4,11-12H. The molecule has 4 heteroatoms. The van der Waals surface area contributed by atoms with Gasteiger partial charge in [-0.15, -0.1) is 0 Å². The molecule has 14 heavy (non-hydrogen) atoms. The minimum Gasteiger partial charge on any atom is -0.499 e. The Labute approximate surface area is 87.7 Å². The average Bonchev–Trinajstić information content (AvgIpc) is 2.65. The van der Waals surface area contributed by atoms with Crippen molar-refractivity contribution in [2.75, 3.05) is 0 Å². The molecular weight excluding hydrogens is 216 g/mol. The molecule has 70 valence electrons. The van der Waals surface area contributed by atoms with Crippen molar-refractivity contribution in [2.24, 2.45) is 0 Å². The van der Waals surface area contributed by atoms with E-state index in [9.17, 15) is 10.2 Å². The second-order valence-electron chi connectivity index (χ2n) is 3.07. The van der Waals surface area contributed by atoms with Crippen LogP contribution in [0.3, 0.4) is 0 Å². The van der Waals surface area contributed by atoms with Crippen LogP contribution in [-0.2, 0) is 0 Å². The van der Waals surface area contributed by atoms with Crippen LogP contribution in [0, 0.1) is 0 Å². The van der Waals surface area contributed by atoms with Gasteiger partial charge in [-0.2, -0.15) is 0 Å². The number of aromatic hydroxyl groups is 2. The van der Waals surface area contributed by atoms with E-state index >= 15 is 0 Å². The number of benzene rings is 1. The van der Waals surface area contributed by atoms with Crippen LogP contribution in [0.15, 0.2) is 24.3 Å². The lowest BCUT2D eigenvalue weighted by Crippen LogP contribution is -1.62. The molecule has 2 nitrogen and oxygen atoms in total. The van der Waals surface area contributed by atoms with Gasteiger partial charge in [0.25, 0.3) is 0 Å². The predicted octanol–water partition coefficient (Wildman–Crippen LogP) is 3.53. The summed E-state index contributed by atoms with van der Waals surface area (Å²) in [7, 11) is 0. The minimum absolute atomic E-state index is 0.320. The van der Waals surface area contributed by atoms with Gasteiger partial charge in [-0.05, 0) is 22.9 Å². The van der Waals surface area contributed by atoms with Gasteiger partial charge in [0.15, 0.2) is 10.1 Å². The first kappa shape index (κ1) is 8.08. The first-order valence-corrected chi connectivity index (χ1v) is 5.71. The molecule has 3 rings (SSSR count). The van der Waals surface area contributed by atoms with Gasteiger partial charge in [0.1, 0.15) is 0 Å². The van der Waals surface area contributed by atoms with E-state index in [0.29, 0.717) is 10.1 Å². The average molecular weight is 222 g/mol. The van der Waals surface area contributed by atoms with Gasteiger partial charge < -0.3 is 10.2 Å². The van der Waals surface area contributed by atoms with Crippen LogP contribution in [0.4, 0.5) is 0 Å². The lowest BCUT2D eigenvalue weighted by molar-refractivity contribution is 0.491. The van der Waals surface area contributed by atoms with Crippen LogP contribution >= 0.6 is 22.7 Å². The number of thiophene rings is 2. The van der Waals surface area contributed by atoms with Gasteiger partial charge in [-0.3, -0.25) is 0 Å². The van der Waals surface area contributed by atoms with E-state index in [1.54, 1.807) is 12.1 Å². The summed E-state index contributed by atoms with van der Waals surface area (Å²) in [6, 6.07) is 7.41.